The molecule has 0 fully saturated rings. The van der Waals surface area contributed by atoms with Gasteiger partial charge >= 0.3 is 0 Å². The molecular formula is C16H14ClN3O5. The molecule has 0 bridgehead atoms. The number of nitrogens with one attached hydrogen (secondary N) is 1. The molecule has 0 spiro atoms. The highest BCUT2D eigenvalue weighted by atomic mass is 35.5. The van der Waals surface area contributed by atoms with Crippen LogP contribution in [0.25, 0.3) is 0 Å². The van der Waals surface area contributed by atoms with Gasteiger partial charge in [0.15, 0.2) is 0 Å². The second-order valence-electron chi connectivity index (χ2n) is 4.77. The number of nitro groups is 1. The Morgan fingerprint density at radius 2 is 1.84 bits per heavy atom. The summed E-state index contributed by atoms with van der Waals surface area (Å²) in [5, 5.41) is 14.7. The van der Waals surface area contributed by atoms with Gasteiger partial charge in [-0.05, 0) is 18.2 Å². The van der Waals surface area contributed by atoms with Crippen molar-refractivity contribution in [1.82, 2.24) is 5.43 Å². The predicted molar refractivity (Wildman–Crippen MR) is 92.7 cm³/mol. The molecule has 25 heavy (non-hydrogen) atoms. The Hall–Kier alpha value is -3.13. The number of halogens is 1. The number of carbonyl (C=O) groups excluding carboxylic acids is 1. The van der Waals surface area contributed by atoms with Crippen molar-refractivity contribution in [3.63, 3.8) is 0 Å². The number of carbonyl (C=O) groups is 1. The van der Waals surface area contributed by atoms with Crippen LogP contribution in [0.15, 0.2) is 41.5 Å². The van der Waals surface area contributed by atoms with E-state index in [1.165, 1.54) is 44.7 Å². The van der Waals surface area contributed by atoms with Crippen molar-refractivity contribution in [3.05, 3.63) is 62.7 Å². The lowest BCUT2D eigenvalue weighted by Crippen LogP contribution is -2.17. The van der Waals surface area contributed by atoms with Crippen LogP contribution in [-0.4, -0.2) is 31.3 Å². The van der Waals surface area contributed by atoms with Gasteiger partial charge in [-0.3, -0.25) is 14.9 Å². The van der Waals surface area contributed by atoms with Crippen molar-refractivity contribution >= 4 is 29.4 Å². The molecule has 0 atom stereocenters. The summed E-state index contributed by atoms with van der Waals surface area (Å²) in [5.74, 6) is 0.431. The summed E-state index contributed by atoms with van der Waals surface area (Å²) in [4.78, 5) is 22.4. The monoisotopic (exact) mass is 363 g/mol. The second kappa shape index (κ2) is 8.11. The van der Waals surface area contributed by atoms with E-state index in [0.29, 0.717) is 17.1 Å². The Morgan fingerprint density at radius 3 is 2.40 bits per heavy atom. The van der Waals surface area contributed by atoms with Gasteiger partial charge in [0.2, 0.25) is 0 Å². The molecule has 8 nitrogen and oxygen atoms in total. The molecule has 0 aromatic heterocycles. The molecule has 9 heteroatoms. The minimum Gasteiger partial charge on any atom is -0.497 e. The molecule has 0 radical (unpaired) electrons. The third kappa shape index (κ3) is 4.67. The van der Waals surface area contributed by atoms with Gasteiger partial charge in [0.05, 0.1) is 25.4 Å². The predicted octanol–water partition coefficient (Wildman–Crippen LogP) is 3.03. The smallest absolute Gasteiger partial charge is 0.288 e. The Balaban J connectivity index is 2.13. The molecule has 1 amide bonds. The molecule has 1 N–H and O–H groups in total. The molecule has 130 valence electrons. The fraction of sp³-hybridized carbons (Fsp3) is 0.125. The maximum Gasteiger partial charge on any atom is 0.288 e. The van der Waals surface area contributed by atoms with Crippen LogP contribution in [0.1, 0.15) is 15.9 Å². The number of amides is 1. The highest BCUT2D eigenvalue weighted by Gasteiger charge is 2.12. The Morgan fingerprint density at radius 1 is 1.20 bits per heavy atom. The van der Waals surface area contributed by atoms with Crippen LogP contribution in [-0.2, 0) is 0 Å². The fourth-order valence-electron chi connectivity index (χ4n) is 1.92. The van der Waals surface area contributed by atoms with E-state index in [1.54, 1.807) is 12.1 Å². The van der Waals surface area contributed by atoms with Gasteiger partial charge in [0, 0.05) is 23.3 Å². The number of hydrogen-bond donors (Lipinski definition) is 1. The van der Waals surface area contributed by atoms with Crippen molar-refractivity contribution in [2.45, 2.75) is 0 Å². The zero-order valence-corrected chi connectivity index (χ0v) is 14.1. The van der Waals surface area contributed by atoms with Crippen LogP contribution < -0.4 is 14.9 Å². The van der Waals surface area contributed by atoms with E-state index in [0.717, 1.165) is 0 Å². The molecule has 0 aliphatic carbocycles. The third-order valence-electron chi connectivity index (χ3n) is 3.16. The summed E-state index contributed by atoms with van der Waals surface area (Å²) in [7, 11) is 2.95. The Labute approximate surface area is 148 Å². The van der Waals surface area contributed by atoms with Gasteiger partial charge < -0.3 is 9.47 Å². The van der Waals surface area contributed by atoms with Crippen LogP contribution in [0.3, 0.4) is 0 Å². The zero-order valence-electron chi connectivity index (χ0n) is 13.4. The van der Waals surface area contributed by atoms with Crippen LogP contribution in [0.2, 0.25) is 5.02 Å². The maximum atomic E-state index is 12.1. The molecule has 2 aromatic rings. The van der Waals surface area contributed by atoms with Crippen molar-refractivity contribution < 1.29 is 19.2 Å². The van der Waals surface area contributed by atoms with E-state index >= 15 is 0 Å². The van der Waals surface area contributed by atoms with Gasteiger partial charge in [-0.15, -0.1) is 0 Å². The quantitative estimate of drug-likeness (QED) is 0.482. The van der Waals surface area contributed by atoms with Crippen molar-refractivity contribution in [1.29, 1.82) is 0 Å². The standard InChI is InChI=1S/C16H14ClN3O5/c1-24-12-6-11(7-13(8-12)25-2)16(21)19-18-9-10-3-4-14(17)15(5-10)20(22)23/h3-9H,1-2H3,(H,19,21)/b18-9-. The number of benzene rings is 2. The molecule has 0 saturated carbocycles. The topological polar surface area (TPSA) is 103 Å². The van der Waals surface area contributed by atoms with Gasteiger partial charge in [0.1, 0.15) is 16.5 Å². The first-order valence-electron chi connectivity index (χ1n) is 6.95. The number of methoxy groups -OCH3 is 2. The maximum absolute atomic E-state index is 12.1. The van der Waals surface area contributed by atoms with E-state index in [9.17, 15) is 14.9 Å². The molecule has 0 heterocycles. The minimum absolute atomic E-state index is 0.0228. The molecule has 0 aliphatic heterocycles. The summed E-state index contributed by atoms with van der Waals surface area (Å²) in [6.07, 6.45) is 1.28. The van der Waals surface area contributed by atoms with Gasteiger partial charge in [-0.2, -0.15) is 5.10 Å². The number of nitrogens with zero attached hydrogens (tertiary/aromatic N) is 2. The van der Waals surface area contributed by atoms with Crippen molar-refractivity contribution in [2.75, 3.05) is 14.2 Å². The Kier molecular flexibility index (Phi) is 5.91. The van der Waals surface area contributed by atoms with Gasteiger partial charge in [0.25, 0.3) is 11.6 Å². The average molecular weight is 364 g/mol. The molecule has 0 aliphatic rings. The van der Waals surface area contributed by atoms with Crippen LogP contribution in [0, 0.1) is 10.1 Å². The van der Waals surface area contributed by atoms with Crippen LogP contribution in [0.4, 0.5) is 5.69 Å². The third-order valence-corrected chi connectivity index (χ3v) is 3.48. The van der Waals surface area contributed by atoms with Gasteiger partial charge in [-0.1, -0.05) is 17.7 Å². The van der Waals surface area contributed by atoms with Gasteiger partial charge in [-0.25, -0.2) is 5.43 Å². The highest BCUT2D eigenvalue weighted by Crippen LogP contribution is 2.24. The molecule has 2 rings (SSSR count). The summed E-state index contributed by atoms with van der Waals surface area (Å²) >= 11 is 5.73. The minimum atomic E-state index is -0.596. The number of ether oxygens (including phenoxy) is 2. The van der Waals surface area contributed by atoms with Crippen LogP contribution >= 0.6 is 11.6 Å². The second-order valence-corrected chi connectivity index (χ2v) is 5.18. The first-order chi connectivity index (χ1) is 11.9. The molecular weight excluding hydrogens is 350 g/mol. The van der Waals surface area contributed by atoms with E-state index in [4.69, 9.17) is 21.1 Å². The first-order valence-corrected chi connectivity index (χ1v) is 7.33. The van der Waals surface area contributed by atoms with Crippen molar-refractivity contribution in [3.8, 4) is 11.5 Å². The number of rotatable bonds is 6. The number of hydrogen-bond acceptors (Lipinski definition) is 6. The first kappa shape index (κ1) is 18.2. The molecule has 0 saturated heterocycles. The van der Waals surface area contributed by atoms with E-state index < -0.39 is 10.8 Å². The summed E-state index contributed by atoms with van der Waals surface area (Å²) in [6.45, 7) is 0. The van der Waals surface area contributed by atoms with Crippen LogP contribution in [0.5, 0.6) is 11.5 Å². The summed E-state index contributed by atoms with van der Waals surface area (Å²) in [5.41, 5.74) is 2.79. The molecule has 2 aromatic carbocycles. The lowest BCUT2D eigenvalue weighted by molar-refractivity contribution is -0.384. The Bertz CT molecular complexity index is 816. The lowest BCUT2D eigenvalue weighted by atomic mass is 10.2. The number of nitro benzene ring substituents is 1. The summed E-state index contributed by atoms with van der Waals surface area (Å²) in [6, 6.07) is 8.87. The average Bonchev–Trinajstić information content (AvgIpc) is 2.62. The normalized spacial score (nSPS) is 10.5. The molecule has 0 unspecified atom stereocenters. The van der Waals surface area contributed by atoms with E-state index in [2.05, 4.69) is 10.5 Å². The summed E-state index contributed by atoms with van der Waals surface area (Å²) < 4.78 is 10.2. The number of hydrazone groups is 1. The van der Waals surface area contributed by atoms with E-state index in [-0.39, 0.29) is 16.3 Å². The lowest BCUT2D eigenvalue weighted by Gasteiger charge is -2.07. The highest BCUT2D eigenvalue weighted by molar-refractivity contribution is 6.32. The largest absolute Gasteiger partial charge is 0.497 e. The van der Waals surface area contributed by atoms with Crippen molar-refractivity contribution in [2.24, 2.45) is 5.10 Å². The SMILES string of the molecule is COc1cc(OC)cc(C(=O)N/N=C\c2ccc(Cl)c([N+](=O)[O-])c2)c1. The fourth-order valence-corrected chi connectivity index (χ4v) is 2.10. The van der Waals surface area contributed by atoms with E-state index in [1.807, 2.05) is 0 Å². The zero-order chi connectivity index (χ0) is 18.4.